The van der Waals surface area contributed by atoms with Crippen molar-refractivity contribution in [3.63, 3.8) is 0 Å². The molecule has 1 aliphatic rings. The lowest BCUT2D eigenvalue weighted by molar-refractivity contribution is 0.103. The second-order valence-electron chi connectivity index (χ2n) is 5.79. The summed E-state index contributed by atoms with van der Waals surface area (Å²) in [6.45, 7) is 0.182. The van der Waals surface area contributed by atoms with Gasteiger partial charge in [-0.25, -0.2) is 4.98 Å². The first-order chi connectivity index (χ1) is 12.3. The molecule has 0 bridgehead atoms. The van der Waals surface area contributed by atoms with Crippen LogP contribution in [0.15, 0.2) is 54.9 Å². The van der Waals surface area contributed by atoms with Crippen LogP contribution in [0.2, 0.25) is 0 Å². The fourth-order valence-electron chi connectivity index (χ4n) is 3.03. The van der Waals surface area contributed by atoms with Crippen molar-refractivity contribution in [3.8, 4) is 22.9 Å². The van der Waals surface area contributed by atoms with Gasteiger partial charge < -0.3 is 19.4 Å². The number of imidazole rings is 1. The summed E-state index contributed by atoms with van der Waals surface area (Å²) in [7, 11) is 0. The fraction of sp³-hybridized carbons (Fsp3) is 0.0526. The standard InChI is InChI=1S/C19H13N3O3/c23-18(11-5-6-16-17(7-11)25-10-24-16)15-9-21-19(22-15)13-8-20-14-4-2-1-3-12(13)14/h1-9,20H,10H2,(H,21,22). The first-order valence-corrected chi connectivity index (χ1v) is 7.85. The van der Waals surface area contributed by atoms with Crippen LogP contribution < -0.4 is 9.47 Å². The third kappa shape index (κ3) is 2.19. The fourth-order valence-corrected chi connectivity index (χ4v) is 3.03. The number of aromatic amines is 2. The molecule has 0 fully saturated rings. The largest absolute Gasteiger partial charge is 0.454 e. The Morgan fingerprint density at radius 2 is 1.96 bits per heavy atom. The number of para-hydroxylation sites is 1. The molecule has 0 atom stereocenters. The Labute approximate surface area is 142 Å². The SMILES string of the molecule is O=C(c1ccc2c(c1)OCO2)c1cnc(-c2c[nH]c3ccccc23)[nH]1. The molecule has 2 aromatic heterocycles. The van der Waals surface area contributed by atoms with Crippen molar-refractivity contribution >= 4 is 16.7 Å². The summed E-state index contributed by atoms with van der Waals surface area (Å²) >= 11 is 0. The summed E-state index contributed by atoms with van der Waals surface area (Å²) in [4.78, 5) is 23.4. The molecule has 0 radical (unpaired) electrons. The molecule has 2 N–H and O–H groups in total. The van der Waals surface area contributed by atoms with Crippen molar-refractivity contribution in [3.05, 3.63) is 66.1 Å². The number of benzene rings is 2. The molecular weight excluding hydrogens is 318 g/mol. The van der Waals surface area contributed by atoms with Gasteiger partial charge in [-0.15, -0.1) is 0 Å². The summed E-state index contributed by atoms with van der Waals surface area (Å²) in [5.41, 5.74) is 2.91. The van der Waals surface area contributed by atoms with Crippen molar-refractivity contribution in [1.82, 2.24) is 15.0 Å². The topological polar surface area (TPSA) is 80.0 Å². The Morgan fingerprint density at radius 3 is 2.92 bits per heavy atom. The van der Waals surface area contributed by atoms with Crippen molar-refractivity contribution in [2.24, 2.45) is 0 Å². The van der Waals surface area contributed by atoms with Crippen molar-refractivity contribution in [1.29, 1.82) is 0 Å². The number of carbonyl (C=O) groups excluding carboxylic acids is 1. The quantitative estimate of drug-likeness (QED) is 0.563. The highest BCUT2D eigenvalue weighted by atomic mass is 16.7. The minimum Gasteiger partial charge on any atom is -0.454 e. The van der Waals surface area contributed by atoms with Gasteiger partial charge in [0.05, 0.1) is 6.20 Å². The number of nitrogens with zero attached hydrogens (tertiary/aromatic N) is 1. The first-order valence-electron chi connectivity index (χ1n) is 7.85. The zero-order valence-electron chi connectivity index (χ0n) is 13.1. The molecule has 3 heterocycles. The average Bonchev–Trinajstić information content (AvgIpc) is 3.38. The highest BCUT2D eigenvalue weighted by molar-refractivity contribution is 6.08. The van der Waals surface area contributed by atoms with Gasteiger partial charge in [0.1, 0.15) is 11.5 Å². The van der Waals surface area contributed by atoms with E-state index in [1.54, 1.807) is 24.4 Å². The van der Waals surface area contributed by atoms with Gasteiger partial charge in [0.25, 0.3) is 0 Å². The lowest BCUT2D eigenvalue weighted by Crippen LogP contribution is -2.01. The number of rotatable bonds is 3. The molecule has 25 heavy (non-hydrogen) atoms. The summed E-state index contributed by atoms with van der Waals surface area (Å²) in [6, 6.07) is 13.1. The zero-order valence-corrected chi connectivity index (χ0v) is 13.1. The van der Waals surface area contributed by atoms with Crippen LogP contribution in [0, 0.1) is 0 Å². The lowest BCUT2D eigenvalue weighted by Gasteiger charge is -2.00. The highest BCUT2D eigenvalue weighted by Crippen LogP contribution is 2.33. The first kappa shape index (κ1) is 13.9. The molecule has 6 nitrogen and oxygen atoms in total. The molecule has 4 aromatic rings. The number of fused-ring (bicyclic) bond motifs is 2. The van der Waals surface area contributed by atoms with E-state index in [1.807, 2.05) is 30.5 Å². The van der Waals surface area contributed by atoms with Crippen LogP contribution in [0.5, 0.6) is 11.5 Å². The number of hydrogen-bond acceptors (Lipinski definition) is 4. The van der Waals surface area contributed by atoms with E-state index in [9.17, 15) is 4.79 Å². The molecule has 0 aliphatic carbocycles. The van der Waals surface area contributed by atoms with Gasteiger partial charge in [-0.05, 0) is 24.3 Å². The minimum atomic E-state index is -0.142. The summed E-state index contributed by atoms with van der Waals surface area (Å²) < 4.78 is 10.6. The van der Waals surface area contributed by atoms with E-state index in [4.69, 9.17) is 9.47 Å². The predicted molar refractivity (Wildman–Crippen MR) is 91.9 cm³/mol. The van der Waals surface area contributed by atoms with Gasteiger partial charge in [0.2, 0.25) is 12.6 Å². The molecule has 122 valence electrons. The number of hydrogen-bond donors (Lipinski definition) is 2. The summed E-state index contributed by atoms with van der Waals surface area (Å²) in [6.07, 6.45) is 3.45. The second-order valence-corrected chi connectivity index (χ2v) is 5.79. The molecule has 0 amide bonds. The van der Waals surface area contributed by atoms with Crippen molar-refractivity contribution in [2.45, 2.75) is 0 Å². The second kappa shape index (κ2) is 5.24. The number of aromatic nitrogens is 3. The van der Waals surface area contributed by atoms with Gasteiger partial charge in [0, 0.05) is 28.2 Å². The Hall–Kier alpha value is -3.54. The minimum absolute atomic E-state index is 0.142. The molecule has 1 aliphatic heterocycles. The van der Waals surface area contributed by atoms with Gasteiger partial charge in [-0.1, -0.05) is 18.2 Å². The summed E-state index contributed by atoms with van der Waals surface area (Å²) in [5.74, 6) is 1.75. The van der Waals surface area contributed by atoms with E-state index in [-0.39, 0.29) is 12.6 Å². The smallest absolute Gasteiger partial charge is 0.231 e. The number of nitrogens with one attached hydrogen (secondary N) is 2. The number of H-pyrrole nitrogens is 2. The van der Waals surface area contributed by atoms with Crippen LogP contribution in [-0.4, -0.2) is 27.5 Å². The monoisotopic (exact) mass is 331 g/mol. The van der Waals surface area contributed by atoms with Crippen LogP contribution in [-0.2, 0) is 0 Å². The van der Waals surface area contributed by atoms with E-state index >= 15 is 0 Å². The van der Waals surface area contributed by atoms with Crippen LogP contribution in [0.25, 0.3) is 22.3 Å². The average molecular weight is 331 g/mol. The van der Waals surface area contributed by atoms with Gasteiger partial charge in [-0.3, -0.25) is 4.79 Å². The third-order valence-electron chi connectivity index (χ3n) is 4.30. The van der Waals surface area contributed by atoms with Gasteiger partial charge in [0.15, 0.2) is 11.5 Å². The number of ether oxygens (including phenoxy) is 2. The Bertz CT molecular complexity index is 1110. The molecule has 2 aromatic carbocycles. The molecule has 6 heteroatoms. The molecule has 0 spiro atoms. The lowest BCUT2D eigenvalue weighted by atomic mass is 10.1. The number of carbonyl (C=O) groups is 1. The molecule has 0 unspecified atom stereocenters. The molecule has 5 rings (SSSR count). The molecule has 0 saturated carbocycles. The van der Waals surface area contributed by atoms with Crippen LogP contribution >= 0.6 is 0 Å². The third-order valence-corrected chi connectivity index (χ3v) is 4.30. The number of ketones is 1. The van der Waals surface area contributed by atoms with Crippen molar-refractivity contribution < 1.29 is 14.3 Å². The van der Waals surface area contributed by atoms with E-state index < -0.39 is 0 Å². The van der Waals surface area contributed by atoms with Crippen molar-refractivity contribution in [2.75, 3.05) is 6.79 Å². The Balaban J connectivity index is 1.51. The summed E-state index contributed by atoms with van der Waals surface area (Å²) in [5, 5.41) is 1.05. The normalized spacial score (nSPS) is 12.6. The van der Waals surface area contributed by atoms with Crippen LogP contribution in [0.1, 0.15) is 16.1 Å². The van der Waals surface area contributed by atoms with Crippen LogP contribution in [0.3, 0.4) is 0 Å². The predicted octanol–water partition coefficient (Wildman–Crippen LogP) is 3.52. The van der Waals surface area contributed by atoms with Gasteiger partial charge in [-0.2, -0.15) is 0 Å². The van der Waals surface area contributed by atoms with E-state index in [0.717, 1.165) is 16.5 Å². The molecular formula is C19H13N3O3. The van der Waals surface area contributed by atoms with E-state index in [0.29, 0.717) is 28.6 Å². The zero-order chi connectivity index (χ0) is 16.8. The maximum absolute atomic E-state index is 12.7. The highest BCUT2D eigenvalue weighted by Gasteiger charge is 2.19. The van der Waals surface area contributed by atoms with E-state index in [2.05, 4.69) is 15.0 Å². The van der Waals surface area contributed by atoms with Crippen LogP contribution in [0.4, 0.5) is 0 Å². The maximum atomic E-state index is 12.7. The Morgan fingerprint density at radius 1 is 1.08 bits per heavy atom. The van der Waals surface area contributed by atoms with Gasteiger partial charge >= 0.3 is 0 Å². The maximum Gasteiger partial charge on any atom is 0.231 e. The Kier molecular flexibility index (Phi) is 2.90. The molecule has 0 saturated heterocycles. The van der Waals surface area contributed by atoms with E-state index in [1.165, 1.54) is 0 Å².